The quantitative estimate of drug-likeness (QED) is 0.892. The Balaban J connectivity index is 1.50. The summed E-state index contributed by atoms with van der Waals surface area (Å²) in [6, 6.07) is 9.52. The lowest BCUT2D eigenvalue weighted by Crippen LogP contribution is -2.37. The molecular weight excluding hydrogens is 290 g/mol. The predicted octanol–water partition coefficient (Wildman–Crippen LogP) is 3.00. The Morgan fingerprint density at radius 1 is 1.33 bits per heavy atom. The minimum absolute atomic E-state index is 0.112. The van der Waals surface area contributed by atoms with E-state index in [-0.39, 0.29) is 6.03 Å². The SMILES string of the molecule is O=C(NCCc1cc(-c2ccc(Cl)cc2)on1)NC1CC1. The number of halogens is 1. The molecule has 0 unspecified atom stereocenters. The van der Waals surface area contributed by atoms with Gasteiger partial charge in [0.25, 0.3) is 0 Å². The zero-order chi connectivity index (χ0) is 14.7. The minimum atomic E-state index is -0.112. The van der Waals surface area contributed by atoms with Gasteiger partial charge >= 0.3 is 6.03 Å². The van der Waals surface area contributed by atoms with E-state index in [1.54, 1.807) is 0 Å². The number of carbonyl (C=O) groups excluding carboxylic acids is 1. The molecule has 6 heteroatoms. The lowest BCUT2D eigenvalue weighted by Gasteiger charge is -2.04. The Hall–Kier alpha value is -2.01. The molecule has 0 aliphatic heterocycles. The molecule has 0 radical (unpaired) electrons. The van der Waals surface area contributed by atoms with Gasteiger partial charge in [0.1, 0.15) is 0 Å². The smallest absolute Gasteiger partial charge is 0.315 e. The molecule has 2 amide bonds. The van der Waals surface area contributed by atoms with Crippen LogP contribution in [0.15, 0.2) is 34.9 Å². The molecule has 0 atom stereocenters. The molecule has 1 heterocycles. The number of nitrogens with zero attached hydrogens (tertiary/aromatic N) is 1. The van der Waals surface area contributed by atoms with Crippen molar-refractivity contribution in [3.8, 4) is 11.3 Å². The van der Waals surface area contributed by atoms with Crippen molar-refractivity contribution >= 4 is 17.6 Å². The Morgan fingerprint density at radius 2 is 2.10 bits per heavy atom. The highest BCUT2D eigenvalue weighted by Gasteiger charge is 2.22. The van der Waals surface area contributed by atoms with Gasteiger partial charge < -0.3 is 15.2 Å². The van der Waals surface area contributed by atoms with Gasteiger partial charge in [-0.1, -0.05) is 16.8 Å². The second kappa shape index (κ2) is 6.18. The summed E-state index contributed by atoms with van der Waals surface area (Å²) in [5.41, 5.74) is 1.74. The maximum atomic E-state index is 11.5. The van der Waals surface area contributed by atoms with Crippen molar-refractivity contribution < 1.29 is 9.32 Å². The molecule has 1 fully saturated rings. The fraction of sp³-hybridized carbons (Fsp3) is 0.333. The summed E-state index contributed by atoms with van der Waals surface area (Å²) in [7, 11) is 0. The number of nitrogens with one attached hydrogen (secondary N) is 2. The van der Waals surface area contributed by atoms with Crippen LogP contribution in [-0.4, -0.2) is 23.8 Å². The summed E-state index contributed by atoms with van der Waals surface area (Å²) in [4.78, 5) is 11.5. The first-order chi connectivity index (χ1) is 10.2. The van der Waals surface area contributed by atoms with Crippen molar-refractivity contribution in [2.24, 2.45) is 0 Å². The maximum absolute atomic E-state index is 11.5. The van der Waals surface area contributed by atoms with Gasteiger partial charge in [0.15, 0.2) is 5.76 Å². The van der Waals surface area contributed by atoms with Crippen molar-refractivity contribution in [3.63, 3.8) is 0 Å². The van der Waals surface area contributed by atoms with Crippen LogP contribution in [0, 0.1) is 0 Å². The van der Waals surface area contributed by atoms with Gasteiger partial charge in [-0.3, -0.25) is 0 Å². The van der Waals surface area contributed by atoms with Gasteiger partial charge in [-0.05, 0) is 37.1 Å². The lowest BCUT2D eigenvalue weighted by atomic mass is 10.1. The summed E-state index contributed by atoms with van der Waals surface area (Å²) >= 11 is 5.85. The van der Waals surface area contributed by atoms with E-state index in [1.807, 2.05) is 30.3 Å². The summed E-state index contributed by atoms with van der Waals surface area (Å²) in [5.74, 6) is 0.698. The van der Waals surface area contributed by atoms with Gasteiger partial charge in [-0.15, -0.1) is 0 Å². The number of hydrogen-bond acceptors (Lipinski definition) is 3. The second-order valence-corrected chi connectivity index (χ2v) is 5.55. The number of hydrogen-bond donors (Lipinski definition) is 2. The Bertz CT molecular complexity index is 620. The number of benzene rings is 1. The van der Waals surface area contributed by atoms with E-state index < -0.39 is 0 Å². The summed E-state index contributed by atoms with van der Waals surface area (Å²) in [5, 5.41) is 10.4. The zero-order valence-electron chi connectivity index (χ0n) is 11.4. The molecule has 2 aromatic rings. The third kappa shape index (κ3) is 3.98. The first kappa shape index (κ1) is 13.9. The topological polar surface area (TPSA) is 67.2 Å². The molecule has 5 nitrogen and oxygen atoms in total. The van der Waals surface area contributed by atoms with E-state index in [0.717, 1.165) is 24.1 Å². The predicted molar refractivity (Wildman–Crippen MR) is 80.2 cm³/mol. The van der Waals surface area contributed by atoms with Gasteiger partial charge in [0, 0.05) is 35.7 Å². The van der Waals surface area contributed by atoms with Crippen LogP contribution >= 0.6 is 11.6 Å². The third-order valence-corrected chi connectivity index (χ3v) is 3.52. The van der Waals surface area contributed by atoms with Crippen LogP contribution in [0.3, 0.4) is 0 Å². The Labute approximate surface area is 127 Å². The van der Waals surface area contributed by atoms with E-state index in [1.165, 1.54) is 0 Å². The van der Waals surface area contributed by atoms with E-state index in [2.05, 4.69) is 15.8 Å². The van der Waals surface area contributed by atoms with Gasteiger partial charge in [-0.25, -0.2) is 4.79 Å². The molecule has 1 aromatic carbocycles. The first-order valence-electron chi connectivity index (χ1n) is 6.96. The van der Waals surface area contributed by atoms with Gasteiger partial charge in [0.2, 0.25) is 0 Å². The molecule has 3 rings (SSSR count). The average molecular weight is 306 g/mol. The number of carbonyl (C=O) groups is 1. The summed E-state index contributed by atoms with van der Waals surface area (Å²) in [6.45, 7) is 0.533. The lowest BCUT2D eigenvalue weighted by molar-refractivity contribution is 0.240. The maximum Gasteiger partial charge on any atom is 0.315 e. The van der Waals surface area contributed by atoms with E-state index in [4.69, 9.17) is 16.1 Å². The van der Waals surface area contributed by atoms with Crippen molar-refractivity contribution in [2.75, 3.05) is 6.54 Å². The molecule has 0 saturated heterocycles. The van der Waals surface area contributed by atoms with Crippen molar-refractivity contribution in [1.29, 1.82) is 0 Å². The number of aromatic nitrogens is 1. The minimum Gasteiger partial charge on any atom is -0.356 e. The number of amides is 2. The van der Waals surface area contributed by atoms with Crippen molar-refractivity contribution in [3.05, 3.63) is 41.0 Å². The molecule has 21 heavy (non-hydrogen) atoms. The van der Waals surface area contributed by atoms with Crippen LogP contribution < -0.4 is 10.6 Å². The van der Waals surface area contributed by atoms with Gasteiger partial charge in [0.05, 0.1) is 5.69 Å². The fourth-order valence-electron chi connectivity index (χ4n) is 1.95. The third-order valence-electron chi connectivity index (χ3n) is 3.27. The van der Waals surface area contributed by atoms with Crippen LogP contribution in [0.1, 0.15) is 18.5 Å². The van der Waals surface area contributed by atoms with Gasteiger partial charge in [-0.2, -0.15) is 0 Å². The number of urea groups is 1. The zero-order valence-corrected chi connectivity index (χ0v) is 12.2. The number of rotatable bonds is 5. The Kier molecular flexibility index (Phi) is 4.10. The molecule has 1 aromatic heterocycles. The van der Waals surface area contributed by atoms with Crippen molar-refractivity contribution in [1.82, 2.24) is 15.8 Å². The normalized spacial score (nSPS) is 14.0. The molecule has 1 aliphatic rings. The van der Waals surface area contributed by atoms with Crippen molar-refractivity contribution in [2.45, 2.75) is 25.3 Å². The fourth-order valence-corrected chi connectivity index (χ4v) is 2.07. The highest BCUT2D eigenvalue weighted by Crippen LogP contribution is 2.22. The summed E-state index contributed by atoms with van der Waals surface area (Å²) in [6.07, 6.45) is 2.80. The first-order valence-corrected chi connectivity index (χ1v) is 7.34. The second-order valence-electron chi connectivity index (χ2n) is 5.11. The van der Waals surface area contributed by atoms with Crippen LogP contribution in [0.25, 0.3) is 11.3 Å². The van der Waals surface area contributed by atoms with Crippen LogP contribution in [0.5, 0.6) is 0 Å². The monoisotopic (exact) mass is 305 g/mol. The van der Waals surface area contributed by atoms with E-state index in [9.17, 15) is 4.79 Å². The standard InChI is InChI=1S/C15H16ClN3O2/c16-11-3-1-10(2-4-11)14-9-13(19-21-14)7-8-17-15(20)18-12-5-6-12/h1-4,9,12H,5-8H2,(H2,17,18,20). The largest absolute Gasteiger partial charge is 0.356 e. The summed E-state index contributed by atoms with van der Waals surface area (Å²) < 4.78 is 5.30. The highest BCUT2D eigenvalue weighted by molar-refractivity contribution is 6.30. The van der Waals surface area contributed by atoms with E-state index >= 15 is 0 Å². The van der Waals surface area contributed by atoms with Crippen LogP contribution in [0.2, 0.25) is 5.02 Å². The molecule has 110 valence electrons. The van der Waals surface area contributed by atoms with E-state index in [0.29, 0.717) is 29.8 Å². The molecule has 2 N–H and O–H groups in total. The van der Waals surface area contributed by atoms with Crippen LogP contribution in [0.4, 0.5) is 4.79 Å². The molecule has 0 bridgehead atoms. The molecule has 1 aliphatic carbocycles. The molecular formula is C15H16ClN3O2. The average Bonchev–Trinajstić information content (AvgIpc) is 3.15. The van der Waals surface area contributed by atoms with Crippen LogP contribution in [-0.2, 0) is 6.42 Å². The molecule has 0 spiro atoms. The highest BCUT2D eigenvalue weighted by atomic mass is 35.5. The molecule has 1 saturated carbocycles. The Morgan fingerprint density at radius 3 is 2.81 bits per heavy atom.